The number of carbonyl (C=O) groups excluding carboxylic acids is 6. The fourth-order valence-electron chi connectivity index (χ4n) is 3.51. The number of rotatable bonds is 12. The maximum Gasteiger partial charge on any atom is 0.430 e. The highest BCUT2D eigenvalue weighted by molar-refractivity contribution is 5.98. The second-order valence-corrected chi connectivity index (χ2v) is 10.4. The lowest BCUT2D eigenvalue weighted by molar-refractivity contribution is -0.365. The highest BCUT2D eigenvalue weighted by Gasteiger charge is 2.29. The summed E-state index contributed by atoms with van der Waals surface area (Å²) in [6, 6.07) is 20.1. The van der Waals surface area contributed by atoms with Crippen LogP contribution in [0.4, 0.5) is 47.3 Å². The minimum absolute atomic E-state index is 0.268. The van der Waals surface area contributed by atoms with Gasteiger partial charge in [0, 0.05) is 35.6 Å². The Hall–Kier alpha value is -6.42. The normalized spacial score (nSPS) is 10.5. The average Bonchev–Trinajstić information content (AvgIpc) is 3.12. The van der Waals surface area contributed by atoms with Crippen LogP contribution in [0.1, 0.15) is 31.8 Å². The van der Waals surface area contributed by atoms with Crippen molar-refractivity contribution in [3.8, 4) is 0 Å². The average molecular weight is 775 g/mol. The van der Waals surface area contributed by atoms with Gasteiger partial charge in [-0.05, 0) is 59.7 Å². The van der Waals surface area contributed by atoms with Crippen molar-refractivity contribution in [3.05, 3.63) is 95.1 Å². The molecule has 0 aromatic heterocycles. The number of quaternary nitrogens is 2. The van der Waals surface area contributed by atoms with Gasteiger partial charge in [0.1, 0.15) is 11.9 Å². The lowest BCUT2D eigenvalue weighted by atomic mass is 10.1. The van der Waals surface area contributed by atoms with Crippen LogP contribution >= 0.6 is 0 Å². The highest BCUT2D eigenvalue weighted by atomic mass is 19.4. The van der Waals surface area contributed by atoms with E-state index in [9.17, 15) is 45.5 Å². The van der Waals surface area contributed by atoms with Gasteiger partial charge in [0.25, 0.3) is 11.8 Å². The fourth-order valence-corrected chi connectivity index (χ4v) is 3.51. The van der Waals surface area contributed by atoms with Crippen molar-refractivity contribution in [1.82, 2.24) is 21.3 Å². The highest BCUT2D eigenvalue weighted by Crippen LogP contribution is 2.13. The topological polar surface area (TPSA) is 276 Å². The molecule has 12 N–H and O–H groups in total. The number of halogens is 6. The molecule has 22 heteroatoms. The van der Waals surface area contributed by atoms with E-state index in [-0.39, 0.29) is 23.9 Å². The van der Waals surface area contributed by atoms with Crippen molar-refractivity contribution in [2.45, 2.75) is 25.4 Å². The number of aliphatic carboxylic acids is 2. The number of amides is 6. The van der Waals surface area contributed by atoms with Crippen LogP contribution in [0.25, 0.3) is 0 Å². The molecule has 0 aliphatic heterocycles. The van der Waals surface area contributed by atoms with Gasteiger partial charge in [-0.1, -0.05) is 24.3 Å². The largest absolute Gasteiger partial charge is 0.542 e. The molecule has 54 heavy (non-hydrogen) atoms. The molecule has 0 saturated carbocycles. The van der Waals surface area contributed by atoms with E-state index < -0.39 is 24.3 Å². The Morgan fingerprint density at radius 2 is 0.778 bits per heavy atom. The number of hydrogen-bond acceptors (Lipinski definition) is 8. The number of carboxylic acids is 2. The van der Waals surface area contributed by atoms with E-state index in [4.69, 9.17) is 19.8 Å². The zero-order valence-electron chi connectivity index (χ0n) is 28.1. The first-order chi connectivity index (χ1) is 25.3. The van der Waals surface area contributed by atoms with Gasteiger partial charge in [-0.2, -0.15) is 26.3 Å². The zero-order valence-corrected chi connectivity index (χ0v) is 28.1. The molecule has 0 fully saturated rings. The minimum Gasteiger partial charge on any atom is -0.542 e. The van der Waals surface area contributed by atoms with E-state index in [2.05, 4.69) is 43.4 Å². The first kappa shape index (κ1) is 45.6. The SMILES string of the molecule is O=C([O-])C(F)(F)F.O=C([O-])C(F)(F)F.[NH3+]CCNC(=O)Nc1ccc(CNC(=O)c2ccc(C(=O)NCc3ccc(NC(=O)NCC[NH3+])cc3)cc2)cc1. The van der Waals surface area contributed by atoms with E-state index in [1.807, 2.05) is 24.3 Å². The molecule has 0 bridgehead atoms. The summed E-state index contributed by atoms with van der Waals surface area (Å²) in [4.78, 5) is 66.1. The quantitative estimate of drug-likeness (QED) is 0.104. The molecular formula is C32H36F6N8O8. The Kier molecular flexibility index (Phi) is 19.0. The number of anilines is 2. The molecule has 3 aromatic carbocycles. The third kappa shape index (κ3) is 18.7. The van der Waals surface area contributed by atoms with Crippen LogP contribution in [0.5, 0.6) is 0 Å². The van der Waals surface area contributed by atoms with E-state index >= 15 is 0 Å². The molecule has 294 valence electrons. The van der Waals surface area contributed by atoms with E-state index in [0.29, 0.717) is 61.8 Å². The molecule has 0 unspecified atom stereocenters. The summed E-state index contributed by atoms with van der Waals surface area (Å²) < 4.78 is 63.1. The second kappa shape index (κ2) is 22.5. The van der Waals surface area contributed by atoms with Crippen LogP contribution in [0.3, 0.4) is 0 Å². The maximum absolute atomic E-state index is 12.6. The number of carboxylic acid groups (broad SMARTS) is 2. The number of nitrogens with one attached hydrogen (secondary N) is 6. The van der Waals surface area contributed by atoms with Crippen molar-refractivity contribution in [2.75, 3.05) is 36.8 Å². The third-order valence-corrected chi connectivity index (χ3v) is 6.13. The molecule has 0 aliphatic carbocycles. The fraction of sp³-hybridized carbons (Fsp3) is 0.250. The van der Waals surface area contributed by atoms with Gasteiger partial charge in [0.05, 0.1) is 26.2 Å². The van der Waals surface area contributed by atoms with Crippen LogP contribution in [0, 0.1) is 0 Å². The number of carbonyl (C=O) groups is 6. The van der Waals surface area contributed by atoms with Crippen molar-refractivity contribution >= 4 is 47.2 Å². The van der Waals surface area contributed by atoms with Crippen LogP contribution < -0.4 is 53.6 Å². The number of hydrogen-bond donors (Lipinski definition) is 8. The molecule has 0 atom stereocenters. The Labute approximate surface area is 302 Å². The second-order valence-electron chi connectivity index (χ2n) is 10.4. The molecule has 16 nitrogen and oxygen atoms in total. The predicted octanol–water partition coefficient (Wildman–Crippen LogP) is -1.13. The van der Waals surface area contributed by atoms with Gasteiger partial charge in [-0.3, -0.25) is 9.59 Å². The standard InChI is InChI=1S/C28H34N8O4.2C2HF3O2/c29-13-15-31-27(39)35-23-9-1-19(2-10-23)17-33-25(37)21-5-7-22(8-6-21)26(38)34-18-20-3-11-24(12-4-20)36-28(40)32-16-14-30;2*3-2(4,5)1(6)7/h1-12H,13-18,29-30H2,(H,33,37)(H,34,38)(H2,31,35,39)(H2,32,36,40);2*(H,6,7). The molecule has 0 radical (unpaired) electrons. The van der Waals surface area contributed by atoms with Crippen molar-refractivity contribution in [3.63, 3.8) is 0 Å². The summed E-state index contributed by atoms with van der Waals surface area (Å²) in [5.74, 6) is -6.55. The molecule has 6 amide bonds. The molecule has 0 heterocycles. The van der Waals surface area contributed by atoms with Crippen LogP contribution in [0.15, 0.2) is 72.8 Å². The summed E-state index contributed by atoms with van der Waals surface area (Å²) in [5, 5.41) is 34.1. The van der Waals surface area contributed by atoms with Gasteiger partial charge in [0.2, 0.25) is 0 Å². The van der Waals surface area contributed by atoms with Gasteiger partial charge in [-0.25, -0.2) is 9.59 Å². The zero-order chi connectivity index (χ0) is 40.9. The molecule has 3 rings (SSSR count). The molecule has 0 saturated heterocycles. The van der Waals surface area contributed by atoms with Gasteiger partial charge >= 0.3 is 24.4 Å². The summed E-state index contributed by atoms with van der Waals surface area (Å²) in [6.07, 6.45) is -10.4. The summed E-state index contributed by atoms with van der Waals surface area (Å²) >= 11 is 0. The maximum atomic E-state index is 12.6. The summed E-state index contributed by atoms with van der Waals surface area (Å²) in [6.45, 7) is 2.83. The Balaban J connectivity index is 0.000000879. The van der Waals surface area contributed by atoms with Gasteiger partial charge in [0.15, 0.2) is 0 Å². The van der Waals surface area contributed by atoms with Gasteiger partial charge in [-0.15, -0.1) is 0 Å². The van der Waals surface area contributed by atoms with Crippen LogP contribution in [-0.4, -0.2) is 74.3 Å². The Morgan fingerprint density at radius 1 is 0.500 bits per heavy atom. The van der Waals surface area contributed by atoms with E-state index in [1.165, 1.54) is 0 Å². The minimum atomic E-state index is -5.19. The Bertz CT molecular complexity index is 1570. The number of benzene rings is 3. The first-order valence-electron chi connectivity index (χ1n) is 15.4. The number of alkyl halides is 6. The number of urea groups is 2. The molecule has 0 spiro atoms. The van der Waals surface area contributed by atoms with Crippen molar-refractivity contribution in [2.24, 2.45) is 0 Å². The summed E-state index contributed by atoms with van der Waals surface area (Å²) in [7, 11) is 0. The third-order valence-electron chi connectivity index (χ3n) is 6.13. The first-order valence-corrected chi connectivity index (χ1v) is 15.4. The molecular weight excluding hydrogens is 738 g/mol. The summed E-state index contributed by atoms with van der Waals surface area (Å²) in [5.41, 5.74) is 11.2. The molecule has 3 aromatic rings. The smallest absolute Gasteiger partial charge is 0.430 e. The van der Waals surface area contributed by atoms with Gasteiger partial charge < -0.3 is 63.2 Å². The van der Waals surface area contributed by atoms with Crippen molar-refractivity contribution in [1.29, 1.82) is 0 Å². The predicted molar refractivity (Wildman–Crippen MR) is 173 cm³/mol. The van der Waals surface area contributed by atoms with E-state index in [1.54, 1.807) is 48.5 Å². The van der Waals surface area contributed by atoms with Crippen molar-refractivity contribution < 1.29 is 76.8 Å². The Morgan fingerprint density at radius 3 is 1.02 bits per heavy atom. The monoisotopic (exact) mass is 774 g/mol. The van der Waals surface area contributed by atoms with E-state index in [0.717, 1.165) is 11.1 Å². The lowest BCUT2D eigenvalue weighted by Gasteiger charge is -2.10. The molecule has 0 aliphatic rings. The lowest BCUT2D eigenvalue weighted by Crippen LogP contribution is -2.55. The van der Waals surface area contributed by atoms with Crippen LogP contribution in [-0.2, 0) is 22.7 Å². The van der Waals surface area contributed by atoms with Crippen LogP contribution in [0.2, 0.25) is 0 Å².